The first-order chi connectivity index (χ1) is 8.83. The summed E-state index contributed by atoms with van der Waals surface area (Å²) in [5.74, 6) is 0.711. The fraction of sp³-hybridized carbons (Fsp3) is 0.600. The molecule has 0 heterocycles. The number of hydrogen-bond donors (Lipinski definition) is 1. The van der Waals surface area contributed by atoms with Gasteiger partial charge in [0.15, 0.2) is 0 Å². The Morgan fingerprint density at radius 3 is 3.00 bits per heavy atom. The molecule has 1 aromatic carbocycles. The van der Waals surface area contributed by atoms with Gasteiger partial charge in [0, 0.05) is 19.2 Å². The van der Waals surface area contributed by atoms with Gasteiger partial charge in [0.2, 0.25) is 0 Å². The van der Waals surface area contributed by atoms with Crippen molar-refractivity contribution >= 4 is 0 Å². The highest BCUT2D eigenvalue weighted by Crippen LogP contribution is 2.31. The van der Waals surface area contributed by atoms with Gasteiger partial charge in [-0.15, -0.1) is 0 Å². The van der Waals surface area contributed by atoms with Gasteiger partial charge in [0.05, 0.1) is 6.61 Å². The number of halogens is 1. The SMILES string of the molecule is Fc1ccc2c(c1)CCC2NCCOCC1CC1. The normalized spacial score (nSPS) is 22.2. The van der Waals surface area contributed by atoms with E-state index in [1.807, 2.05) is 6.07 Å². The third-order valence-electron chi connectivity index (χ3n) is 3.87. The van der Waals surface area contributed by atoms with Gasteiger partial charge in [-0.3, -0.25) is 0 Å². The fourth-order valence-corrected chi connectivity index (χ4v) is 2.64. The molecule has 0 radical (unpaired) electrons. The number of hydrogen-bond acceptors (Lipinski definition) is 2. The second-order valence-electron chi connectivity index (χ2n) is 5.41. The zero-order valence-corrected chi connectivity index (χ0v) is 10.6. The Bertz CT molecular complexity index is 417. The van der Waals surface area contributed by atoms with Crippen LogP contribution in [-0.4, -0.2) is 19.8 Å². The summed E-state index contributed by atoms with van der Waals surface area (Å²) in [7, 11) is 0. The first-order valence-electron chi connectivity index (χ1n) is 6.92. The van der Waals surface area contributed by atoms with Crippen LogP contribution >= 0.6 is 0 Å². The Balaban J connectivity index is 1.44. The molecular formula is C15H20FNO. The van der Waals surface area contributed by atoms with Crippen molar-refractivity contribution in [2.45, 2.75) is 31.7 Å². The number of rotatable bonds is 6. The van der Waals surface area contributed by atoms with Crippen LogP contribution in [0.15, 0.2) is 18.2 Å². The van der Waals surface area contributed by atoms with E-state index < -0.39 is 0 Å². The number of aryl methyl sites for hydroxylation is 1. The van der Waals surface area contributed by atoms with Crippen molar-refractivity contribution < 1.29 is 9.13 Å². The molecule has 2 nitrogen and oxygen atoms in total. The predicted octanol–water partition coefficient (Wildman–Crippen LogP) is 2.83. The van der Waals surface area contributed by atoms with Gasteiger partial charge in [0.25, 0.3) is 0 Å². The molecule has 0 aliphatic heterocycles. The third-order valence-corrected chi connectivity index (χ3v) is 3.87. The van der Waals surface area contributed by atoms with E-state index in [9.17, 15) is 4.39 Å². The third kappa shape index (κ3) is 2.90. The van der Waals surface area contributed by atoms with E-state index in [1.165, 1.54) is 18.4 Å². The summed E-state index contributed by atoms with van der Waals surface area (Å²) in [6.45, 7) is 2.59. The van der Waals surface area contributed by atoms with E-state index >= 15 is 0 Å². The number of nitrogens with one attached hydrogen (secondary N) is 1. The molecule has 3 rings (SSSR count). The van der Waals surface area contributed by atoms with Crippen LogP contribution < -0.4 is 5.32 Å². The lowest BCUT2D eigenvalue weighted by molar-refractivity contribution is 0.124. The standard InChI is InChI=1S/C15H20FNO/c16-13-4-5-14-12(9-13)3-6-15(14)17-7-8-18-10-11-1-2-11/h4-5,9,11,15,17H,1-3,6-8,10H2. The molecule has 98 valence electrons. The summed E-state index contributed by atoms with van der Waals surface area (Å²) >= 11 is 0. The molecule has 0 spiro atoms. The van der Waals surface area contributed by atoms with Crippen molar-refractivity contribution in [2.75, 3.05) is 19.8 Å². The highest BCUT2D eigenvalue weighted by atomic mass is 19.1. The molecule has 1 fully saturated rings. The molecule has 0 aromatic heterocycles. The molecule has 1 N–H and O–H groups in total. The highest BCUT2D eigenvalue weighted by molar-refractivity contribution is 5.34. The molecule has 0 saturated heterocycles. The van der Waals surface area contributed by atoms with Gasteiger partial charge >= 0.3 is 0 Å². The lowest BCUT2D eigenvalue weighted by Crippen LogP contribution is -2.24. The summed E-state index contributed by atoms with van der Waals surface area (Å²) < 4.78 is 18.7. The van der Waals surface area contributed by atoms with E-state index in [0.29, 0.717) is 6.04 Å². The first kappa shape index (κ1) is 12.1. The van der Waals surface area contributed by atoms with Gasteiger partial charge < -0.3 is 10.1 Å². The maximum atomic E-state index is 13.1. The topological polar surface area (TPSA) is 21.3 Å². The van der Waals surface area contributed by atoms with Gasteiger partial charge in [-0.05, 0) is 54.9 Å². The summed E-state index contributed by atoms with van der Waals surface area (Å²) in [6, 6.07) is 5.52. The number of fused-ring (bicyclic) bond motifs is 1. The van der Waals surface area contributed by atoms with Crippen LogP contribution in [0.5, 0.6) is 0 Å². The molecule has 2 aliphatic rings. The maximum absolute atomic E-state index is 13.1. The summed E-state index contributed by atoms with van der Waals surface area (Å²) in [6.07, 6.45) is 4.74. The van der Waals surface area contributed by atoms with E-state index in [4.69, 9.17) is 4.74 Å². The van der Waals surface area contributed by atoms with Crippen molar-refractivity contribution in [3.8, 4) is 0 Å². The van der Waals surface area contributed by atoms with Crippen LogP contribution in [0.4, 0.5) is 4.39 Å². The van der Waals surface area contributed by atoms with E-state index in [1.54, 1.807) is 12.1 Å². The largest absolute Gasteiger partial charge is 0.380 e. The Labute approximate surface area is 108 Å². The van der Waals surface area contributed by atoms with Crippen molar-refractivity contribution in [1.82, 2.24) is 5.32 Å². The Morgan fingerprint density at radius 2 is 2.17 bits per heavy atom. The summed E-state index contributed by atoms with van der Waals surface area (Å²) in [5, 5.41) is 3.50. The number of benzene rings is 1. The Hall–Kier alpha value is -0.930. The van der Waals surface area contributed by atoms with E-state index in [-0.39, 0.29) is 5.82 Å². The molecule has 3 heteroatoms. The van der Waals surface area contributed by atoms with Crippen LogP contribution in [0.3, 0.4) is 0 Å². The lowest BCUT2D eigenvalue weighted by Gasteiger charge is -2.14. The smallest absolute Gasteiger partial charge is 0.123 e. The van der Waals surface area contributed by atoms with Crippen LogP contribution in [0.2, 0.25) is 0 Å². The molecule has 0 bridgehead atoms. The second-order valence-corrected chi connectivity index (χ2v) is 5.41. The maximum Gasteiger partial charge on any atom is 0.123 e. The van der Waals surface area contributed by atoms with Crippen molar-refractivity contribution in [2.24, 2.45) is 5.92 Å². The minimum Gasteiger partial charge on any atom is -0.380 e. The molecule has 18 heavy (non-hydrogen) atoms. The predicted molar refractivity (Wildman–Crippen MR) is 69.0 cm³/mol. The van der Waals surface area contributed by atoms with Crippen molar-refractivity contribution in [3.05, 3.63) is 35.1 Å². The minimum atomic E-state index is -0.123. The lowest BCUT2D eigenvalue weighted by atomic mass is 10.1. The van der Waals surface area contributed by atoms with Crippen LogP contribution in [0.1, 0.15) is 36.4 Å². The van der Waals surface area contributed by atoms with Gasteiger partial charge in [0.1, 0.15) is 5.82 Å². The molecule has 0 amide bonds. The van der Waals surface area contributed by atoms with Gasteiger partial charge in [-0.25, -0.2) is 4.39 Å². The highest BCUT2D eigenvalue weighted by Gasteiger charge is 2.23. The zero-order chi connectivity index (χ0) is 12.4. The Morgan fingerprint density at radius 1 is 1.28 bits per heavy atom. The molecule has 2 aliphatic carbocycles. The number of ether oxygens (including phenoxy) is 1. The quantitative estimate of drug-likeness (QED) is 0.783. The van der Waals surface area contributed by atoms with Crippen LogP contribution in [-0.2, 0) is 11.2 Å². The van der Waals surface area contributed by atoms with Gasteiger partial charge in [-0.2, -0.15) is 0 Å². The van der Waals surface area contributed by atoms with Crippen molar-refractivity contribution in [1.29, 1.82) is 0 Å². The molecule has 1 saturated carbocycles. The summed E-state index contributed by atoms with van der Waals surface area (Å²) in [4.78, 5) is 0. The molecule has 1 atom stereocenters. The van der Waals surface area contributed by atoms with E-state index in [2.05, 4.69) is 5.32 Å². The van der Waals surface area contributed by atoms with E-state index in [0.717, 1.165) is 44.1 Å². The minimum absolute atomic E-state index is 0.123. The van der Waals surface area contributed by atoms with Crippen LogP contribution in [0.25, 0.3) is 0 Å². The Kier molecular flexibility index (Phi) is 3.62. The van der Waals surface area contributed by atoms with Crippen molar-refractivity contribution in [3.63, 3.8) is 0 Å². The monoisotopic (exact) mass is 249 g/mol. The average Bonchev–Trinajstić information content (AvgIpc) is 3.10. The first-order valence-corrected chi connectivity index (χ1v) is 6.92. The second kappa shape index (κ2) is 5.37. The van der Waals surface area contributed by atoms with Crippen LogP contribution in [0, 0.1) is 11.7 Å². The average molecular weight is 249 g/mol. The fourth-order valence-electron chi connectivity index (χ4n) is 2.64. The molecule has 1 unspecified atom stereocenters. The zero-order valence-electron chi connectivity index (χ0n) is 10.6. The summed E-state index contributed by atoms with van der Waals surface area (Å²) in [5.41, 5.74) is 2.42. The molecule has 1 aromatic rings. The van der Waals surface area contributed by atoms with Gasteiger partial charge in [-0.1, -0.05) is 6.07 Å². The molecular weight excluding hydrogens is 229 g/mol.